The molecule has 0 spiro atoms. The minimum Gasteiger partial charge on any atom is -0.455 e. The fourth-order valence-electron chi connectivity index (χ4n) is 2.08. The van der Waals surface area contributed by atoms with E-state index < -0.39 is 18.5 Å². The SMILES string of the molecule is Cc1ccc(CC(=O)OCC(=O)Nc2cc(Cl)c(Cl)cc2Cl)cc1C. The minimum atomic E-state index is -0.520. The number of nitrogens with one attached hydrogen (secondary N) is 1. The molecule has 0 aliphatic carbocycles. The van der Waals surface area contributed by atoms with Crippen molar-refractivity contribution >= 4 is 52.4 Å². The van der Waals surface area contributed by atoms with Crippen LogP contribution in [-0.2, 0) is 20.7 Å². The monoisotopic (exact) mass is 399 g/mol. The predicted molar refractivity (Wildman–Crippen MR) is 101 cm³/mol. The summed E-state index contributed by atoms with van der Waals surface area (Å²) < 4.78 is 4.99. The van der Waals surface area contributed by atoms with Gasteiger partial charge in [-0.25, -0.2) is 0 Å². The summed E-state index contributed by atoms with van der Waals surface area (Å²) in [5.74, 6) is -1.01. The lowest BCUT2D eigenvalue weighted by Crippen LogP contribution is -2.21. The summed E-state index contributed by atoms with van der Waals surface area (Å²) in [4.78, 5) is 23.8. The maximum atomic E-state index is 11.9. The number of benzene rings is 2. The molecule has 0 aliphatic heterocycles. The number of rotatable bonds is 5. The van der Waals surface area contributed by atoms with Gasteiger partial charge in [-0.3, -0.25) is 9.59 Å². The molecule has 2 aromatic rings. The fraction of sp³-hybridized carbons (Fsp3) is 0.222. The summed E-state index contributed by atoms with van der Waals surface area (Å²) >= 11 is 17.7. The van der Waals surface area contributed by atoms with Gasteiger partial charge in [0.05, 0.1) is 27.2 Å². The van der Waals surface area contributed by atoms with Crippen molar-refractivity contribution in [3.63, 3.8) is 0 Å². The fourth-order valence-corrected chi connectivity index (χ4v) is 2.68. The van der Waals surface area contributed by atoms with Crippen LogP contribution in [-0.4, -0.2) is 18.5 Å². The van der Waals surface area contributed by atoms with E-state index in [2.05, 4.69) is 5.32 Å². The maximum Gasteiger partial charge on any atom is 0.310 e. The zero-order chi connectivity index (χ0) is 18.6. The van der Waals surface area contributed by atoms with Crippen molar-refractivity contribution in [1.29, 1.82) is 0 Å². The van der Waals surface area contributed by atoms with Crippen molar-refractivity contribution < 1.29 is 14.3 Å². The van der Waals surface area contributed by atoms with Crippen molar-refractivity contribution in [2.24, 2.45) is 0 Å². The average Bonchev–Trinajstić information content (AvgIpc) is 2.54. The van der Waals surface area contributed by atoms with E-state index in [-0.39, 0.29) is 21.5 Å². The lowest BCUT2D eigenvalue weighted by atomic mass is 10.0. The Hall–Kier alpha value is -1.75. The van der Waals surface area contributed by atoms with Gasteiger partial charge in [0.2, 0.25) is 0 Å². The summed E-state index contributed by atoms with van der Waals surface area (Å²) in [6.07, 6.45) is 0.0991. The van der Waals surface area contributed by atoms with E-state index in [1.165, 1.54) is 12.1 Å². The van der Waals surface area contributed by atoms with Crippen molar-refractivity contribution in [2.45, 2.75) is 20.3 Å². The molecule has 1 amide bonds. The highest BCUT2D eigenvalue weighted by atomic mass is 35.5. The number of ether oxygens (including phenoxy) is 1. The molecule has 0 radical (unpaired) electrons. The molecule has 132 valence electrons. The third-order valence-electron chi connectivity index (χ3n) is 3.57. The van der Waals surface area contributed by atoms with Gasteiger partial charge in [-0.1, -0.05) is 53.0 Å². The number of anilines is 1. The van der Waals surface area contributed by atoms with Crippen LogP contribution in [0.4, 0.5) is 5.69 Å². The highest BCUT2D eigenvalue weighted by Crippen LogP contribution is 2.32. The number of carbonyl (C=O) groups is 2. The minimum absolute atomic E-state index is 0.0991. The Kier molecular flexibility index (Phi) is 6.71. The zero-order valence-corrected chi connectivity index (χ0v) is 15.9. The van der Waals surface area contributed by atoms with Crippen molar-refractivity contribution in [3.8, 4) is 0 Å². The molecule has 0 bridgehead atoms. The highest BCUT2D eigenvalue weighted by molar-refractivity contribution is 6.44. The van der Waals surface area contributed by atoms with E-state index in [1.54, 1.807) is 0 Å². The van der Waals surface area contributed by atoms with Crippen molar-refractivity contribution in [3.05, 3.63) is 62.1 Å². The Balaban J connectivity index is 1.88. The molecule has 0 aromatic heterocycles. The van der Waals surface area contributed by atoms with Gasteiger partial charge in [0, 0.05) is 0 Å². The molecule has 0 heterocycles. The topological polar surface area (TPSA) is 55.4 Å². The lowest BCUT2D eigenvalue weighted by molar-refractivity contribution is -0.146. The number of carbonyl (C=O) groups excluding carboxylic acids is 2. The maximum absolute atomic E-state index is 11.9. The molecule has 4 nitrogen and oxygen atoms in total. The Morgan fingerprint density at radius 3 is 2.32 bits per heavy atom. The molecule has 0 unspecified atom stereocenters. The average molecular weight is 401 g/mol. The summed E-state index contributed by atoms with van der Waals surface area (Å²) in [6, 6.07) is 8.58. The highest BCUT2D eigenvalue weighted by Gasteiger charge is 2.12. The van der Waals surface area contributed by atoms with Crippen LogP contribution in [0.1, 0.15) is 16.7 Å². The van der Waals surface area contributed by atoms with Gasteiger partial charge in [0.25, 0.3) is 5.91 Å². The van der Waals surface area contributed by atoms with E-state index in [9.17, 15) is 9.59 Å². The van der Waals surface area contributed by atoms with Gasteiger partial charge in [-0.15, -0.1) is 0 Å². The molecule has 0 saturated carbocycles. The number of esters is 1. The Morgan fingerprint density at radius 2 is 1.64 bits per heavy atom. The smallest absolute Gasteiger partial charge is 0.310 e. The van der Waals surface area contributed by atoms with Crippen molar-refractivity contribution in [1.82, 2.24) is 0 Å². The molecular weight excluding hydrogens is 385 g/mol. The van der Waals surface area contributed by atoms with E-state index in [0.717, 1.165) is 16.7 Å². The van der Waals surface area contributed by atoms with Crippen LogP contribution in [0.2, 0.25) is 15.1 Å². The van der Waals surface area contributed by atoms with Crippen LogP contribution in [0.3, 0.4) is 0 Å². The summed E-state index contributed by atoms with van der Waals surface area (Å²) in [5, 5.41) is 3.30. The first-order valence-electron chi connectivity index (χ1n) is 7.42. The molecule has 25 heavy (non-hydrogen) atoms. The molecular formula is C18H16Cl3NO3. The van der Waals surface area contributed by atoms with Crippen LogP contribution in [0.15, 0.2) is 30.3 Å². The third-order valence-corrected chi connectivity index (χ3v) is 4.60. The van der Waals surface area contributed by atoms with Crippen molar-refractivity contribution in [2.75, 3.05) is 11.9 Å². The second-order valence-corrected chi connectivity index (χ2v) is 6.77. The second kappa shape index (κ2) is 8.56. The van der Waals surface area contributed by atoms with Crippen LogP contribution < -0.4 is 5.32 Å². The van der Waals surface area contributed by atoms with Gasteiger partial charge in [0.1, 0.15) is 0 Å². The van der Waals surface area contributed by atoms with Crippen LogP contribution >= 0.6 is 34.8 Å². The first-order valence-corrected chi connectivity index (χ1v) is 8.56. The number of halogens is 3. The van der Waals surface area contributed by atoms with Gasteiger partial charge in [0.15, 0.2) is 6.61 Å². The van der Waals surface area contributed by atoms with Crippen LogP contribution in [0, 0.1) is 13.8 Å². The van der Waals surface area contributed by atoms with Crippen LogP contribution in [0.25, 0.3) is 0 Å². The molecule has 2 rings (SSSR count). The summed E-state index contributed by atoms with van der Waals surface area (Å²) in [6.45, 7) is 3.55. The first-order chi connectivity index (χ1) is 11.8. The zero-order valence-electron chi connectivity index (χ0n) is 13.7. The van der Waals surface area contributed by atoms with Gasteiger partial charge in [-0.2, -0.15) is 0 Å². The molecule has 0 fully saturated rings. The Bertz CT molecular complexity index is 821. The van der Waals surface area contributed by atoms with Gasteiger partial charge in [-0.05, 0) is 42.7 Å². The lowest BCUT2D eigenvalue weighted by Gasteiger charge is -2.10. The van der Waals surface area contributed by atoms with E-state index in [1.807, 2.05) is 32.0 Å². The van der Waals surface area contributed by atoms with E-state index >= 15 is 0 Å². The molecule has 7 heteroatoms. The van der Waals surface area contributed by atoms with E-state index in [4.69, 9.17) is 39.5 Å². The number of aryl methyl sites for hydroxylation is 2. The molecule has 2 aromatic carbocycles. The Morgan fingerprint density at radius 1 is 0.960 bits per heavy atom. The van der Waals surface area contributed by atoms with Crippen LogP contribution in [0.5, 0.6) is 0 Å². The quantitative estimate of drug-likeness (QED) is 0.568. The standard InChI is InChI=1S/C18H16Cl3NO3/c1-10-3-4-12(5-11(10)2)6-18(24)25-9-17(23)22-16-8-14(20)13(19)7-15(16)21/h3-5,7-8H,6,9H2,1-2H3,(H,22,23). The number of hydrogen-bond donors (Lipinski definition) is 1. The molecule has 0 saturated heterocycles. The second-order valence-electron chi connectivity index (χ2n) is 5.55. The number of amides is 1. The first kappa shape index (κ1) is 19.6. The molecule has 0 aliphatic rings. The summed E-state index contributed by atoms with van der Waals surface area (Å²) in [7, 11) is 0. The van der Waals surface area contributed by atoms with E-state index in [0.29, 0.717) is 5.69 Å². The Labute approximate surface area is 161 Å². The number of hydrogen-bond acceptors (Lipinski definition) is 3. The predicted octanol–water partition coefficient (Wildman–Crippen LogP) is 4.99. The van der Waals surface area contributed by atoms with Gasteiger partial charge >= 0.3 is 5.97 Å². The normalized spacial score (nSPS) is 10.4. The third kappa shape index (κ3) is 5.63. The molecule has 1 N–H and O–H groups in total. The van der Waals surface area contributed by atoms with Gasteiger partial charge < -0.3 is 10.1 Å². The largest absolute Gasteiger partial charge is 0.455 e. The summed E-state index contributed by atoms with van der Waals surface area (Å²) in [5.41, 5.74) is 3.37. The molecule has 0 atom stereocenters.